The van der Waals surface area contributed by atoms with Gasteiger partial charge in [0.25, 0.3) is 5.91 Å². The first-order valence-electron chi connectivity index (χ1n) is 11.2. The van der Waals surface area contributed by atoms with Crippen LogP contribution in [0.1, 0.15) is 21.5 Å². The Labute approximate surface area is 219 Å². The number of anilines is 2. The van der Waals surface area contributed by atoms with Crippen molar-refractivity contribution in [2.75, 3.05) is 29.4 Å². The molecule has 0 atom stereocenters. The molecule has 5 rings (SSSR count). The number of ether oxygens (including phenoxy) is 1. The number of alkyl halides is 3. The summed E-state index contributed by atoms with van der Waals surface area (Å²) in [6, 6.07) is 12.8. The summed E-state index contributed by atoms with van der Waals surface area (Å²) in [6.45, 7) is 0.432. The number of carbonyl (C=O) groups is 1. The van der Waals surface area contributed by atoms with Gasteiger partial charge in [0.2, 0.25) is 10.0 Å². The smallest absolute Gasteiger partial charge is 0.416 e. The summed E-state index contributed by atoms with van der Waals surface area (Å²) in [5.74, 6) is -0.588. The van der Waals surface area contributed by atoms with E-state index < -0.39 is 27.0 Å². The number of amides is 1. The van der Waals surface area contributed by atoms with Crippen molar-refractivity contribution in [3.05, 3.63) is 75.8 Å². The quantitative estimate of drug-likeness (QED) is 0.395. The number of sulfonamides is 1. The van der Waals surface area contributed by atoms with Gasteiger partial charge in [-0.1, -0.05) is 34.1 Å². The fourth-order valence-corrected chi connectivity index (χ4v) is 6.03. The molecule has 2 aliphatic rings. The number of carbonyl (C=O) groups excluding carboxylic acids is 1. The Hall–Kier alpha value is -3.09. The number of halogens is 4. The molecule has 2 aliphatic heterocycles. The molecule has 3 aromatic rings. The highest BCUT2D eigenvalue weighted by molar-refractivity contribution is 9.10. The number of hydrogen-bond donors (Lipinski definition) is 2. The van der Waals surface area contributed by atoms with Gasteiger partial charge in [0.05, 0.1) is 24.5 Å². The van der Waals surface area contributed by atoms with E-state index in [1.165, 1.54) is 29.2 Å². The second kappa shape index (κ2) is 9.34. The van der Waals surface area contributed by atoms with Gasteiger partial charge in [0.15, 0.2) is 0 Å². The minimum Gasteiger partial charge on any atom is -0.506 e. The fourth-order valence-electron chi connectivity index (χ4n) is 4.23. The Morgan fingerprint density at radius 3 is 2.41 bits per heavy atom. The third-order valence-corrected chi connectivity index (χ3v) is 8.69. The molecule has 2 N–H and O–H groups in total. The van der Waals surface area contributed by atoms with Gasteiger partial charge in [-0.05, 0) is 59.5 Å². The van der Waals surface area contributed by atoms with Crippen molar-refractivity contribution < 1.29 is 36.2 Å². The summed E-state index contributed by atoms with van der Waals surface area (Å²) in [6.07, 6.45) is -3.99. The molecule has 0 bridgehead atoms. The van der Waals surface area contributed by atoms with Crippen LogP contribution < -0.4 is 9.62 Å². The Balaban J connectivity index is 1.40. The first-order valence-corrected chi connectivity index (χ1v) is 13.5. The second-order valence-electron chi connectivity index (χ2n) is 8.78. The van der Waals surface area contributed by atoms with Gasteiger partial charge in [-0.2, -0.15) is 13.2 Å². The monoisotopic (exact) mass is 596 g/mol. The molecule has 0 radical (unpaired) electrons. The van der Waals surface area contributed by atoms with Gasteiger partial charge < -0.3 is 14.7 Å². The number of hydrogen-bond acceptors (Lipinski definition) is 5. The van der Waals surface area contributed by atoms with E-state index in [4.69, 9.17) is 4.74 Å². The number of phenols is 1. The van der Waals surface area contributed by atoms with E-state index in [0.29, 0.717) is 33.3 Å². The lowest BCUT2D eigenvalue weighted by Gasteiger charge is -2.30. The number of phenolic OH excluding ortho intramolecular Hbond substituents is 1. The molecule has 0 aromatic heterocycles. The molecular weight excluding hydrogens is 577 g/mol. The van der Waals surface area contributed by atoms with Crippen LogP contribution in [0, 0.1) is 0 Å². The minimum atomic E-state index is -4.45. The lowest BCUT2D eigenvalue weighted by molar-refractivity contribution is -0.137. The van der Waals surface area contributed by atoms with E-state index in [2.05, 4.69) is 20.7 Å². The Morgan fingerprint density at radius 1 is 1.03 bits per heavy atom. The molecule has 194 valence electrons. The van der Waals surface area contributed by atoms with Gasteiger partial charge in [-0.3, -0.25) is 9.52 Å². The van der Waals surface area contributed by atoms with E-state index >= 15 is 0 Å². The van der Waals surface area contributed by atoms with Crippen LogP contribution in [0.4, 0.5) is 24.5 Å². The SMILES string of the molecule is O=C1c2ccc(-c3ccc(C(F)(F)F)cc3Br)cc2CCN1c1ccc(O)c(NS(=O)(=O)C2COC2)c1. The molecule has 0 saturated carbocycles. The van der Waals surface area contributed by atoms with E-state index in [0.717, 1.165) is 17.7 Å². The van der Waals surface area contributed by atoms with Crippen LogP contribution in [-0.4, -0.2) is 44.4 Å². The van der Waals surface area contributed by atoms with E-state index in [1.807, 2.05) is 0 Å². The summed E-state index contributed by atoms with van der Waals surface area (Å²) >= 11 is 3.22. The molecular formula is C25H20BrF3N2O5S. The summed E-state index contributed by atoms with van der Waals surface area (Å²) in [5.41, 5.74) is 2.02. The summed E-state index contributed by atoms with van der Waals surface area (Å²) in [4.78, 5) is 14.8. The van der Waals surface area contributed by atoms with Gasteiger partial charge in [-0.15, -0.1) is 0 Å². The molecule has 12 heteroatoms. The Bertz CT molecular complexity index is 1510. The van der Waals surface area contributed by atoms with Gasteiger partial charge in [0, 0.05) is 22.3 Å². The van der Waals surface area contributed by atoms with Crippen LogP contribution in [0.15, 0.2) is 59.1 Å². The van der Waals surface area contributed by atoms with E-state index in [-0.39, 0.29) is 37.1 Å². The van der Waals surface area contributed by atoms with Crippen molar-refractivity contribution in [3.63, 3.8) is 0 Å². The summed E-state index contributed by atoms with van der Waals surface area (Å²) in [5, 5.41) is 9.48. The van der Waals surface area contributed by atoms with Crippen molar-refractivity contribution in [2.45, 2.75) is 17.8 Å². The first kappa shape index (κ1) is 25.6. The number of aromatic hydroxyl groups is 1. The zero-order chi connectivity index (χ0) is 26.5. The van der Waals surface area contributed by atoms with E-state index in [1.54, 1.807) is 18.2 Å². The van der Waals surface area contributed by atoms with Crippen molar-refractivity contribution in [3.8, 4) is 16.9 Å². The Morgan fingerprint density at radius 2 is 1.76 bits per heavy atom. The zero-order valence-electron chi connectivity index (χ0n) is 19.0. The molecule has 1 fully saturated rings. The summed E-state index contributed by atoms with van der Waals surface area (Å²) < 4.78 is 71.5. The van der Waals surface area contributed by atoms with Crippen LogP contribution in [0.5, 0.6) is 5.75 Å². The normalized spacial score (nSPS) is 16.3. The number of benzene rings is 3. The highest BCUT2D eigenvalue weighted by Crippen LogP contribution is 2.38. The molecule has 37 heavy (non-hydrogen) atoms. The number of fused-ring (bicyclic) bond motifs is 1. The van der Waals surface area contributed by atoms with Crippen LogP contribution in [0.3, 0.4) is 0 Å². The standard InChI is InChI=1S/C25H20BrF3N2O5S/c26-21-10-16(25(27,28)29)2-5-19(21)14-1-4-20-15(9-14)7-8-31(24(20)33)17-3-6-23(32)22(11-17)30-37(34,35)18-12-36-13-18/h1-6,9-11,18,30,32H,7-8,12-13H2. The number of nitrogens with one attached hydrogen (secondary N) is 1. The maximum absolute atomic E-state index is 13.3. The molecule has 2 heterocycles. The van der Waals surface area contributed by atoms with Crippen molar-refractivity contribution in [1.82, 2.24) is 0 Å². The zero-order valence-corrected chi connectivity index (χ0v) is 21.5. The third-order valence-electron chi connectivity index (χ3n) is 6.38. The average Bonchev–Trinajstić information content (AvgIpc) is 2.78. The highest BCUT2D eigenvalue weighted by atomic mass is 79.9. The van der Waals surface area contributed by atoms with E-state index in [9.17, 15) is 31.5 Å². The highest BCUT2D eigenvalue weighted by Gasteiger charge is 2.34. The number of nitrogens with zero attached hydrogens (tertiary/aromatic N) is 1. The molecule has 1 saturated heterocycles. The molecule has 3 aromatic carbocycles. The average molecular weight is 597 g/mol. The maximum Gasteiger partial charge on any atom is 0.416 e. The van der Waals surface area contributed by atoms with Crippen LogP contribution in [0.25, 0.3) is 11.1 Å². The predicted octanol–water partition coefficient (Wildman–Crippen LogP) is 5.18. The second-order valence-corrected chi connectivity index (χ2v) is 11.6. The molecule has 7 nitrogen and oxygen atoms in total. The van der Waals surface area contributed by atoms with Crippen LogP contribution >= 0.6 is 15.9 Å². The van der Waals surface area contributed by atoms with Crippen molar-refractivity contribution in [2.24, 2.45) is 0 Å². The topological polar surface area (TPSA) is 95.9 Å². The molecule has 0 spiro atoms. The van der Waals surface area contributed by atoms with Crippen LogP contribution in [-0.2, 0) is 27.4 Å². The number of rotatable bonds is 5. The van der Waals surface area contributed by atoms with Crippen molar-refractivity contribution in [1.29, 1.82) is 0 Å². The minimum absolute atomic E-state index is 0.0366. The molecule has 0 unspecified atom stereocenters. The van der Waals surface area contributed by atoms with Gasteiger partial charge in [0.1, 0.15) is 11.0 Å². The lowest BCUT2D eigenvalue weighted by atomic mass is 9.93. The fraction of sp³-hybridized carbons (Fsp3) is 0.240. The largest absolute Gasteiger partial charge is 0.506 e. The van der Waals surface area contributed by atoms with Crippen LogP contribution in [0.2, 0.25) is 0 Å². The summed E-state index contributed by atoms with van der Waals surface area (Å²) in [7, 11) is -3.76. The lowest BCUT2D eigenvalue weighted by Crippen LogP contribution is -2.43. The van der Waals surface area contributed by atoms with Crippen molar-refractivity contribution >= 4 is 43.2 Å². The Kier molecular flexibility index (Phi) is 6.45. The molecule has 1 amide bonds. The first-order chi connectivity index (χ1) is 17.4. The van der Waals surface area contributed by atoms with Gasteiger partial charge >= 0.3 is 6.18 Å². The third kappa shape index (κ3) is 4.92. The van der Waals surface area contributed by atoms with Gasteiger partial charge in [-0.25, -0.2) is 8.42 Å². The maximum atomic E-state index is 13.3. The molecule has 0 aliphatic carbocycles. The predicted molar refractivity (Wildman–Crippen MR) is 135 cm³/mol.